The Hall–Kier alpha value is -1.35. The molecule has 0 bridgehead atoms. The van der Waals surface area contributed by atoms with Crippen molar-refractivity contribution in [3.63, 3.8) is 0 Å². The summed E-state index contributed by atoms with van der Waals surface area (Å²) in [6.07, 6.45) is 1.80. The van der Waals surface area contributed by atoms with Gasteiger partial charge in [0.2, 0.25) is 0 Å². The van der Waals surface area contributed by atoms with E-state index in [4.69, 9.17) is 4.74 Å². The highest BCUT2D eigenvalue weighted by Crippen LogP contribution is 2.20. The minimum absolute atomic E-state index is 0.237. The van der Waals surface area contributed by atoms with Gasteiger partial charge in [-0.1, -0.05) is 52.8 Å². The number of hydrogen-bond donors (Lipinski definition) is 0. The molecule has 0 spiro atoms. The summed E-state index contributed by atoms with van der Waals surface area (Å²) >= 11 is 3.42. The van der Waals surface area contributed by atoms with E-state index in [1.807, 2.05) is 30.3 Å². The Balaban J connectivity index is 2.53. The molecule has 16 heavy (non-hydrogen) atoms. The van der Waals surface area contributed by atoms with Crippen LogP contribution in [-0.4, -0.2) is 12.6 Å². The van der Waals surface area contributed by atoms with Crippen LogP contribution in [0, 0.1) is 0 Å². The van der Waals surface area contributed by atoms with Gasteiger partial charge in [0, 0.05) is 10.1 Å². The average molecular weight is 281 g/mol. The van der Waals surface area contributed by atoms with Crippen LogP contribution in [0.2, 0.25) is 0 Å². The number of esters is 1. The van der Waals surface area contributed by atoms with Crippen molar-refractivity contribution in [2.45, 2.75) is 6.92 Å². The lowest BCUT2D eigenvalue weighted by Gasteiger charge is -2.02. The summed E-state index contributed by atoms with van der Waals surface area (Å²) in [7, 11) is 0. The van der Waals surface area contributed by atoms with E-state index in [2.05, 4.69) is 22.5 Å². The molecule has 0 atom stereocenters. The Morgan fingerprint density at radius 2 is 2.06 bits per heavy atom. The molecule has 0 aromatic heterocycles. The average Bonchev–Trinajstić information content (AvgIpc) is 2.29. The Kier molecular flexibility index (Phi) is 4.99. The summed E-state index contributed by atoms with van der Waals surface area (Å²) < 4.78 is 5.86. The van der Waals surface area contributed by atoms with Gasteiger partial charge in [0.1, 0.15) is 6.61 Å². The van der Waals surface area contributed by atoms with Crippen LogP contribution in [0.1, 0.15) is 12.5 Å². The first-order chi connectivity index (χ1) is 7.61. The van der Waals surface area contributed by atoms with Crippen LogP contribution in [-0.2, 0) is 9.53 Å². The van der Waals surface area contributed by atoms with Gasteiger partial charge < -0.3 is 4.74 Å². The number of carbonyl (C=O) groups is 1. The first-order valence-electron chi connectivity index (χ1n) is 4.85. The fraction of sp³-hybridized carbons (Fsp3) is 0.154. The number of rotatable bonds is 4. The van der Waals surface area contributed by atoms with Gasteiger partial charge in [-0.2, -0.15) is 0 Å². The molecule has 1 aromatic carbocycles. The van der Waals surface area contributed by atoms with E-state index in [1.165, 1.54) is 0 Å². The van der Waals surface area contributed by atoms with E-state index in [-0.39, 0.29) is 12.6 Å². The Labute approximate surface area is 104 Å². The summed E-state index contributed by atoms with van der Waals surface area (Å²) in [5.41, 5.74) is 1.46. The van der Waals surface area contributed by atoms with E-state index in [0.717, 1.165) is 10.0 Å². The molecule has 0 saturated carbocycles. The molecule has 0 amide bonds. The predicted octanol–water partition coefficient (Wildman–Crippen LogP) is 3.54. The van der Waals surface area contributed by atoms with Gasteiger partial charge in [-0.05, 0) is 18.6 Å². The highest BCUT2D eigenvalue weighted by atomic mass is 79.9. The Morgan fingerprint density at radius 3 is 2.62 bits per heavy atom. The first-order valence-corrected chi connectivity index (χ1v) is 5.64. The molecule has 84 valence electrons. The molecule has 3 heteroatoms. The molecule has 0 aliphatic heterocycles. The van der Waals surface area contributed by atoms with Crippen LogP contribution in [0.15, 0.2) is 48.6 Å². The fourth-order valence-corrected chi connectivity index (χ4v) is 1.43. The van der Waals surface area contributed by atoms with E-state index < -0.39 is 0 Å². The van der Waals surface area contributed by atoms with Gasteiger partial charge in [0.15, 0.2) is 0 Å². The van der Waals surface area contributed by atoms with Crippen LogP contribution in [0.25, 0.3) is 4.48 Å². The van der Waals surface area contributed by atoms with Crippen molar-refractivity contribution in [2.24, 2.45) is 0 Å². The standard InChI is InChI=1S/C13H13BrO2/c1-10(2)13(15)16-9-8-12(14)11-6-4-3-5-7-11/h3-8H,1,9H2,2H3/b12-8-. The van der Waals surface area contributed by atoms with Crippen LogP contribution in [0.5, 0.6) is 0 Å². The molecule has 0 N–H and O–H groups in total. The van der Waals surface area contributed by atoms with Crippen molar-refractivity contribution < 1.29 is 9.53 Å². The summed E-state index contributed by atoms with van der Waals surface area (Å²) in [5.74, 6) is -0.371. The monoisotopic (exact) mass is 280 g/mol. The van der Waals surface area contributed by atoms with Gasteiger partial charge in [0.05, 0.1) is 0 Å². The lowest BCUT2D eigenvalue weighted by Crippen LogP contribution is -2.04. The second-order valence-electron chi connectivity index (χ2n) is 3.30. The molecule has 0 heterocycles. The second-order valence-corrected chi connectivity index (χ2v) is 4.15. The molecule has 0 fully saturated rings. The minimum atomic E-state index is -0.371. The molecular formula is C13H13BrO2. The third kappa shape index (κ3) is 4.03. The minimum Gasteiger partial charge on any atom is -0.458 e. The van der Waals surface area contributed by atoms with Gasteiger partial charge in [-0.25, -0.2) is 4.79 Å². The number of ether oxygens (including phenoxy) is 1. The summed E-state index contributed by atoms with van der Waals surface area (Å²) in [6, 6.07) is 9.79. The molecule has 0 aliphatic rings. The second kappa shape index (κ2) is 6.28. The van der Waals surface area contributed by atoms with E-state index >= 15 is 0 Å². The molecular weight excluding hydrogens is 268 g/mol. The number of halogens is 1. The molecule has 2 nitrogen and oxygen atoms in total. The van der Waals surface area contributed by atoms with Crippen molar-refractivity contribution >= 4 is 26.4 Å². The largest absolute Gasteiger partial charge is 0.458 e. The zero-order chi connectivity index (χ0) is 12.0. The smallest absolute Gasteiger partial charge is 0.333 e. The molecule has 1 aromatic rings. The lowest BCUT2D eigenvalue weighted by molar-refractivity contribution is -0.137. The van der Waals surface area contributed by atoms with Gasteiger partial charge >= 0.3 is 5.97 Å². The Morgan fingerprint density at radius 1 is 1.44 bits per heavy atom. The molecule has 0 radical (unpaired) electrons. The van der Waals surface area contributed by atoms with E-state index in [1.54, 1.807) is 13.0 Å². The van der Waals surface area contributed by atoms with E-state index in [0.29, 0.717) is 5.57 Å². The van der Waals surface area contributed by atoms with Crippen molar-refractivity contribution in [1.82, 2.24) is 0 Å². The summed E-state index contributed by atoms with van der Waals surface area (Å²) in [5, 5.41) is 0. The third-order valence-corrected chi connectivity index (χ3v) is 2.66. The zero-order valence-electron chi connectivity index (χ0n) is 9.07. The fourth-order valence-electron chi connectivity index (χ4n) is 1.03. The molecule has 1 rings (SSSR count). The first kappa shape index (κ1) is 12.7. The highest BCUT2D eigenvalue weighted by Gasteiger charge is 2.01. The maximum absolute atomic E-state index is 11.1. The van der Waals surface area contributed by atoms with Crippen LogP contribution in [0.4, 0.5) is 0 Å². The van der Waals surface area contributed by atoms with Gasteiger partial charge in [-0.3, -0.25) is 0 Å². The number of hydrogen-bond acceptors (Lipinski definition) is 2. The van der Waals surface area contributed by atoms with Crippen molar-refractivity contribution in [3.8, 4) is 0 Å². The highest BCUT2D eigenvalue weighted by molar-refractivity contribution is 9.15. The predicted molar refractivity (Wildman–Crippen MR) is 69.1 cm³/mol. The topological polar surface area (TPSA) is 26.3 Å². The summed E-state index contributed by atoms with van der Waals surface area (Å²) in [6.45, 7) is 5.36. The Bertz CT molecular complexity index is 407. The molecule has 0 unspecified atom stereocenters. The van der Waals surface area contributed by atoms with Crippen molar-refractivity contribution in [1.29, 1.82) is 0 Å². The molecule has 0 aliphatic carbocycles. The number of carbonyl (C=O) groups excluding carboxylic acids is 1. The number of benzene rings is 1. The quantitative estimate of drug-likeness (QED) is 0.623. The van der Waals surface area contributed by atoms with Gasteiger partial charge in [-0.15, -0.1) is 0 Å². The van der Waals surface area contributed by atoms with Crippen LogP contribution in [0.3, 0.4) is 0 Å². The normalized spacial score (nSPS) is 11.0. The SMILES string of the molecule is C=C(C)C(=O)OC/C=C(\Br)c1ccccc1. The zero-order valence-corrected chi connectivity index (χ0v) is 10.7. The maximum atomic E-state index is 11.1. The van der Waals surface area contributed by atoms with E-state index in [9.17, 15) is 4.79 Å². The third-order valence-electron chi connectivity index (χ3n) is 1.88. The van der Waals surface area contributed by atoms with Crippen LogP contribution < -0.4 is 0 Å². The van der Waals surface area contributed by atoms with Crippen molar-refractivity contribution in [2.75, 3.05) is 6.61 Å². The van der Waals surface area contributed by atoms with Crippen molar-refractivity contribution in [3.05, 3.63) is 54.1 Å². The maximum Gasteiger partial charge on any atom is 0.333 e. The lowest BCUT2D eigenvalue weighted by atomic mass is 10.2. The summed E-state index contributed by atoms with van der Waals surface area (Å²) in [4.78, 5) is 11.1. The van der Waals surface area contributed by atoms with Gasteiger partial charge in [0.25, 0.3) is 0 Å². The van der Waals surface area contributed by atoms with Crippen LogP contribution >= 0.6 is 15.9 Å². The molecule has 0 saturated heterocycles.